The minimum Gasteiger partial charge on any atom is -0.266 e. The Morgan fingerprint density at radius 1 is 0.733 bits per heavy atom. The van der Waals surface area contributed by atoms with Crippen molar-refractivity contribution in [3.63, 3.8) is 0 Å². The van der Waals surface area contributed by atoms with Crippen molar-refractivity contribution in [3.05, 3.63) is 68.3 Å². The quantitative estimate of drug-likeness (QED) is 0.293. The highest BCUT2D eigenvalue weighted by molar-refractivity contribution is 7.22. The van der Waals surface area contributed by atoms with Gasteiger partial charge < -0.3 is 0 Å². The van der Waals surface area contributed by atoms with Crippen LogP contribution in [-0.4, -0.2) is 24.2 Å². The molecule has 0 saturated carbocycles. The Labute approximate surface area is 188 Å². The molecule has 0 aliphatic rings. The Morgan fingerprint density at radius 2 is 1.13 bits per heavy atom. The smallest absolute Gasteiger partial charge is 0.266 e. The molecule has 2 aromatic heterocycles. The number of carbonyl (C=O) groups excluding carboxylic acids is 2. The summed E-state index contributed by atoms with van der Waals surface area (Å²) in [6.45, 7) is 0. The van der Waals surface area contributed by atoms with Crippen LogP contribution in [-0.2, 0) is 0 Å². The maximum Gasteiger partial charge on any atom is 0.283 e. The molecule has 0 unspecified atom stereocenters. The van der Waals surface area contributed by atoms with E-state index in [9.17, 15) is 9.59 Å². The number of amides is 2. The summed E-state index contributed by atoms with van der Waals surface area (Å²) in [4.78, 5) is 25.3. The fourth-order valence-corrected chi connectivity index (χ4v) is 5.49. The Morgan fingerprint density at radius 3 is 1.53 bits per heavy atom. The molecule has 2 aromatic carbocycles. The number of hydrogen-bond donors (Lipinski definition) is 2. The van der Waals surface area contributed by atoms with E-state index < -0.39 is 11.8 Å². The monoisotopic (exact) mass is 474 g/mol. The Kier molecular flexibility index (Phi) is 6.10. The van der Waals surface area contributed by atoms with Crippen molar-refractivity contribution in [1.82, 2.24) is 10.9 Å². The minimum absolute atomic E-state index is 0.375. The summed E-state index contributed by atoms with van der Waals surface area (Å²) in [5.41, 5.74) is 4.76. The highest BCUT2D eigenvalue weighted by atomic mass is 35.5. The number of fused-ring (bicyclic) bond motifs is 2. The second-order valence-corrected chi connectivity index (χ2v) is 8.78. The van der Waals surface area contributed by atoms with Gasteiger partial charge in [-0.2, -0.15) is 10.2 Å². The van der Waals surface area contributed by atoms with E-state index in [4.69, 9.17) is 23.2 Å². The molecule has 0 atom stereocenters. The van der Waals surface area contributed by atoms with Gasteiger partial charge in [0.05, 0.1) is 22.5 Å². The summed E-state index contributed by atoms with van der Waals surface area (Å²) in [7, 11) is 0. The third-order valence-electron chi connectivity index (χ3n) is 4.03. The van der Waals surface area contributed by atoms with Gasteiger partial charge in [0.2, 0.25) is 0 Å². The standard InChI is InChI=1S/C20H12Cl2N4O2S2/c21-15-11-5-1-3-7-13(11)29-17(15)19(27)25-23-9-10-24-26-20(28)18-16(22)12-6-2-4-8-14(12)30-18/h1-10H,(H,25,27)(H,26,28). The molecule has 2 amide bonds. The minimum atomic E-state index is -0.424. The first-order valence-corrected chi connectivity index (χ1v) is 10.9. The predicted molar refractivity (Wildman–Crippen MR) is 126 cm³/mol. The second-order valence-electron chi connectivity index (χ2n) is 5.92. The van der Waals surface area contributed by atoms with Crippen LogP contribution in [0.4, 0.5) is 0 Å². The Balaban J connectivity index is 1.35. The zero-order valence-electron chi connectivity index (χ0n) is 15.1. The van der Waals surface area contributed by atoms with E-state index in [1.54, 1.807) is 0 Å². The van der Waals surface area contributed by atoms with Crippen molar-refractivity contribution in [2.75, 3.05) is 0 Å². The highest BCUT2D eigenvalue weighted by Gasteiger charge is 2.17. The van der Waals surface area contributed by atoms with Gasteiger partial charge in [0, 0.05) is 20.2 Å². The van der Waals surface area contributed by atoms with E-state index in [1.165, 1.54) is 35.1 Å². The van der Waals surface area contributed by atoms with Gasteiger partial charge in [0.1, 0.15) is 9.75 Å². The third-order valence-corrected chi connectivity index (χ3v) is 7.38. The fourth-order valence-electron chi connectivity index (χ4n) is 2.68. The van der Waals surface area contributed by atoms with Crippen molar-refractivity contribution < 1.29 is 9.59 Å². The lowest BCUT2D eigenvalue weighted by atomic mass is 10.2. The molecule has 30 heavy (non-hydrogen) atoms. The number of benzene rings is 2. The maximum absolute atomic E-state index is 12.3. The number of nitrogens with one attached hydrogen (secondary N) is 2. The first-order chi connectivity index (χ1) is 14.6. The van der Waals surface area contributed by atoms with Crippen LogP contribution in [0.5, 0.6) is 0 Å². The zero-order valence-corrected chi connectivity index (χ0v) is 18.2. The van der Waals surface area contributed by atoms with Crippen LogP contribution >= 0.6 is 45.9 Å². The molecule has 0 aliphatic carbocycles. The fraction of sp³-hybridized carbons (Fsp3) is 0. The van der Waals surface area contributed by atoms with E-state index in [-0.39, 0.29) is 0 Å². The molecule has 0 bridgehead atoms. The second kappa shape index (κ2) is 8.93. The van der Waals surface area contributed by atoms with Gasteiger partial charge in [-0.1, -0.05) is 59.6 Å². The number of rotatable bonds is 5. The molecule has 150 valence electrons. The van der Waals surface area contributed by atoms with Crippen LogP contribution in [0.2, 0.25) is 10.0 Å². The molecule has 4 aromatic rings. The first-order valence-electron chi connectivity index (χ1n) is 8.55. The highest BCUT2D eigenvalue weighted by Crippen LogP contribution is 2.35. The Bertz CT molecular complexity index is 1230. The van der Waals surface area contributed by atoms with Gasteiger partial charge in [-0.05, 0) is 12.1 Å². The van der Waals surface area contributed by atoms with Crippen LogP contribution in [0, 0.1) is 0 Å². The van der Waals surface area contributed by atoms with Crippen molar-refractivity contribution in [1.29, 1.82) is 0 Å². The molecule has 6 nitrogen and oxygen atoms in total. The summed E-state index contributed by atoms with van der Waals surface area (Å²) >= 11 is 15.1. The first kappa shape index (κ1) is 20.5. The summed E-state index contributed by atoms with van der Waals surface area (Å²) < 4.78 is 1.83. The van der Waals surface area contributed by atoms with Crippen LogP contribution < -0.4 is 10.9 Å². The van der Waals surface area contributed by atoms with E-state index in [1.807, 2.05) is 48.5 Å². The number of thiophene rings is 2. The number of halogens is 2. The lowest BCUT2D eigenvalue weighted by Crippen LogP contribution is -2.18. The van der Waals surface area contributed by atoms with Gasteiger partial charge in [0.25, 0.3) is 11.8 Å². The molecule has 0 radical (unpaired) electrons. The third kappa shape index (κ3) is 4.08. The van der Waals surface area contributed by atoms with Crippen molar-refractivity contribution >= 4 is 90.3 Å². The molecule has 0 saturated heterocycles. The summed E-state index contributed by atoms with van der Waals surface area (Å²) in [6, 6.07) is 15.0. The molecule has 2 heterocycles. The molecular weight excluding hydrogens is 463 g/mol. The average molecular weight is 475 g/mol. The largest absolute Gasteiger partial charge is 0.283 e. The maximum atomic E-state index is 12.3. The van der Waals surface area contributed by atoms with E-state index in [0.29, 0.717) is 19.8 Å². The lowest BCUT2D eigenvalue weighted by molar-refractivity contribution is 0.0951. The van der Waals surface area contributed by atoms with Crippen LogP contribution in [0.3, 0.4) is 0 Å². The van der Waals surface area contributed by atoms with Gasteiger partial charge in [-0.15, -0.1) is 22.7 Å². The number of carbonyl (C=O) groups is 2. The van der Waals surface area contributed by atoms with Gasteiger partial charge >= 0.3 is 0 Å². The lowest BCUT2D eigenvalue weighted by Gasteiger charge is -1.97. The molecule has 0 aliphatic heterocycles. The molecule has 4 rings (SSSR count). The number of hydrazone groups is 2. The van der Waals surface area contributed by atoms with E-state index >= 15 is 0 Å². The van der Waals surface area contributed by atoms with Crippen LogP contribution in [0.1, 0.15) is 19.3 Å². The summed E-state index contributed by atoms with van der Waals surface area (Å²) in [6.07, 6.45) is 2.48. The van der Waals surface area contributed by atoms with E-state index in [2.05, 4.69) is 21.1 Å². The predicted octanol–water partition coefficient (Wildman–Crippen LogP) is 5.55. The average Bonchev–Trinajstić information content (AvgIpc) is 3.28. The number of hydrogen-bond acceptors (Lipinski definition) is 6. The summed E-state index contributed by atoms with van der Waals surface area (Å²) in [5.74, 6) is -0.848. The summed E-state index contributed by atoms with van der Waals surface area (Å²) in [5, 5.41) is 9.99. The zero-order chi connectivity index (χ0) is 21.1. The van der Waals surface area contributed by atoms with Gasteiger partial charge in [0.15, 0.2) is 0 Å². The van der Waals surface area contributed by atoms with Crippen molar-refractivity contribution in [3.8, 4) is 0 Å². The van der Waals surface area contributed by atoms with Gasteiger partial charge in [-0.25, -0.2) is 10.9 Å². The molecular formula is C20H12Cl2N4O2S2. The topological polar surface area (TPSA) is 82.9 Å². The van der Waals surface area contributed by atoms with Crippen LogP contribution in [0.25, 0.3) is 20.2 Å². The SMILES string of the molecule is O=C(NN=CC=NNC(=O)c1sc2ccccc2c1Cl)c1sc2ccccc2c1Cl. The van der Waals surface area contributed by atoms with Crippen molar-refractivity contribution in [2.24, 2.45) is 10.2 Å². The Hall–Kier alpha value is -2.78. The van der Waals surface area contributed by atoms with Gasteiger partial charge in [-0.3, -0.25) is 9.59 Å². The van der Waals surface area contributed by atoms with E-state index in [0.717, 1.165) is 20.2 Å². The van der Waals surface area contributed by atoms with Crippen molar-refractivity contribution in [2.45, 2.75) is 0 Å². The molecule has 10 heteroatoms. The van der Waals surface area contributed by atoms with Crippen LogP contribution in [0.15, 0.2) is 58.7 Å². The normalized spacial score (nSPS) is 11.7. The molecule has 2 N–H and O–H groups in total. The molecule has 0 spiro atoms. The molecule has 0 fully saturated rings. The number of nitrogens with zero attached hydrogens (tertiary/aromatic N) is 2.